The van der Waals surface area contributed by atoms with Crippen LogP contribution in [0, 0.1) is 0 Å². The van der Waals surface area contributed by atoms with Gasteiger partial charge in [-0.15, -0.1) is 0 Å². The van der Waals surface area contributed by atoms with Crippen LogP contribution in [0.25, 0.3) is 11.3 Å². The Labute approximate surface area is 98.6 Å². The van der Waals surface area contributed by atoms with Crippen LogP contribution in [0.5, 0.6) is 0 Å². The first-order valence-electron chi connectivity index (χ1n) is 5.19. The fourth-order valence-electron chi connectivity index (χ4n) is 1.45. The summed E-state index contributed by atoms with van der Waals surface area (Å²) in [6.07, 6.45) is 4.03. The Hall–Kier alpha value is -1.26. The normalized spacial score (nSPS) is 10.9. The zero-order chi connectivity index (χ0) is 11.4. The summed E-state index contributed by atoms with van der Waals surface area (Å²) in [7, 11) is 0. The number of aromatic nitrogens is 1. The first-order chi connectivity index (χ1) is 7.83. The lowest BCUT2D eigenvalue weighted by Gasteiger charge is -2.01. The quantitative estimate of drug-likeness (QED) is 0.816. The van der Waals surface area contributed by atoms with Gasteiger partial charge in [-0.05, 0) is 30.6 Å². The minimum atomic E-state index is 0.327. The number of furan rings is 1. The summed E-state index contributed by atoms with van der Waals surface area (Å²) in [6, 6.07) is 1.77. The van der Waals surface area contributed by atoms with Gasteiger partial charge in [-0.1, -0.05) is 6.92 Å². The van der Waals surface area contributed by atoms with E-state index in [0.717, 1.165) is 24.2 Å². The summed E-state index contributed by atoms with van der Waals surface area (Å²) in [5, 5.41) is 3.59. The Morgan fingerprint density at radius 2 is 2.31 bits per heavy atom. The van der Waals surface area contributed by atoms with Crippen molar-refractivity contribution in [2.45, 2.75) is 19.9 Å². The van der Waals surface area contributed by atoms with Gasteiger partial charge in [0.2, 0.25) is 5.22 Å². The molecule has 0 aromatic carbocycles. The average Bonchev–Trinajstić information content (AvgIpc) is 2.87. The van der Waals surface area contributed by atoms with Crippen molar-refractivity contribution in [2.75, 3.05) is 6.54 Å². The number of hydrogen-bond acceptors (Lipinski definition) is 4. The Morgan fingerprint density at radius 3 is 3.00 bits per heavy atom. The van der Waals surface area contributed by atoms with Gasteiger partial charge >= 0.3 is 0 Å². The Bertz CT molecular complexity index is 450. The fraction of sp³-hybridized carbons (Fsp3) is 0.364. The molecule has 0 fully saturated rings. The number of oxazole rings is 1. The van der Waals surface area contributed by atoms with Crippen molar-refractivity contribution in [2.24, 2.45) is 0 Å². The van der Waals surface area contributed by atoms with Gasteiger partial charge in [0.1, 0.15) is 5.69 Å². The first-order valence-corrected chi connectivity index (χ1v) is 5.57. The molecule has 1 N–H and O–H groups in total. The van der Waals surface area contributed by atoms with Crippen LogP contribution in [-0.2, 0) is 6.54 Å². The minimum absolute atomic E-state index is 0.327. The van der Waals surface area contributed by atoms with Crippen LogP contribution in [0.4, 0.5) is 0 Å². The number of rotatable bonds is 5. The molecule has 0 aliphatic heterocycles. The second-order valence-electron chi connectivity index (χ2n) is 3.41. The predicted octanol–water partition coefficient (Wildman–Crippen LogP) is 3.09. The zero-order valence-corrected chi connectivity index (χ0v) is 9.75. The number of nitrogens with zero attached hydrogens (tertiary/aromatic N) is 1. The molecule has 0 unspecified atom stereocenters. The lowest BCUT2D eigenvalue weighted by molar-refractivity contribution is 0.557. The highest BCUT2D eigenvalue weighted by Crippen LogP contribution is 2.30. The van der Waals surface area contributed by atoms with Crippen LogP contribution in [0.3, 0.4) is 0 Å². The molecule has 0 aliphatic rings. The van der Waals surface area contributed by atoms with Gasteiger partial charge in [-0.2, -0.15) is 0 Å². The van der Waals surface area contributed by atoms with Gasteiger partial charge in [-0.25, -0.2) is 4.98 Å². The molecule has 0 saturated heterocycles. The van der Waals surface area contributed by atoms with E-state index in [1.54, 1.807) is 6.07 Å². The Morgan fingerprint density at radius 1 is 1.44 bits per heavy atom. The van der Waals surface area contributed by atoms with E-state index in [0.29, 0.717) is 17.5 Å². The molecular formula is C11H13ClN2O2. The molecule has 0 spiro atoms. The van der Waals surface area contributed by atoms with Gasteiger partial charge in [-0.3, -0.25) is 0 Å². The molecule has 0 atom stereocenters. The summed E-state index contributed by atoms with van der Waals surface area (Å²) >= 11 is 5.89. The van der Waals surface area contributed by atoms with Gasteiger partial charge in [0.15, 0.2) is 12.2 Å². The van der Waals surface area contributed by atoms with Gasteiger partial charge < -0.3 is 14.2 Å². The molecule has 5 heteroatoms. The standard InChI is InChI=1S/C11H13ClN2O2/c1-2-4-13-6-9-10(16-7-14-9)8-3-5-15-11(8)12/h3,5,7,13H,2,4,6H2,1H3. The SMILES string of the molecule is CCCNCc1ncoc1-c1ccoc1Cl. The molecule has 0 aliphatic carbocycles. The van der Waals surface area contributed by atoms with E-state index < -0.39 is 0 Å². The molecule has 4 nitrogen and oxygen atoms in total. The van der Waals surface area contributed by atoms with E-state index in [1.165, 1.54) is 12.7 Å². The van der Waals surface area contributed by atoms with Crippen LogP contribution >= 0.6 is 11.6 Å². The maximum atomic E-state index is 5.89. The molecule has 0 saturated carbocycles. The third-order valence-corrected chi connectivity index (χ3v) is 2.52. The summed E-state index contributed by atoms with van der Waals surface area (Å²) in [5.41, 5.74) is 1.59. The van der Waals surface area contributed by atoms with Crippen molar-refractivity contribution >= 4 is 11.6 Å². The molecule has 2 rings (SSSR count). The van der Waals surface area contributed by atoms with Crippen LogP contribution in [0.1, 0.15) is 19.0 Å². The lowest BCUT2D eigenvalue weighted by Crippen LogP contribution is -2.14. The highest BCUT2D eigenvalue weighted by molar-refractivity contribution is 6.31. The van der Waals surface area contributed by atoms with Crippen molar-refractivity contribution in [1.82, 2.24) is 10.3 Å². The molecule has 0 amide bonds. The largest absolute Gasteiger partial charge is 0.452 e. The highest BCUT2D eigenvalue weighted by atomic mass is 35.5. The zero-order valence-electron chi connectivity index (χ0n) is 9.00. The Kier molecular flexibility index (Phi) is 3.64. The van der Waals surface area contributed by atoms with Crippen molar-refractivity contribution in [3.8, 4) is 11.3 Å². The van der Waals surface area contributed by atoms with E-state index in [2.05, 4.69) is 17.2 Å². The predicted molar refractivity (Wildman–Crippen MR) is 61.2 cm³/mol. The third kappa shape index (κ3) is 2.28. The van der Waals surface area contributed by atoms with E-state index in [9.17, 15) is 0 Å². The minimum Gasteiger partial charge on any atom is -0.452 e. The maximum absolute atomic E-state index is 5.89. The topological polar surface area (TPSA) is 51.2 Å². The van der Waals surface area contributed by atoms with Gasteiger partial charge in [0.25, 0.3) is 0 Å². The van der Waals surface area contributed by atoms with Crippen molar-refractivity contribution < 1.29 is 8.83 Å². The molecule has 0 radical (unpaired) electrons. The monoisotopic (exact) mass is 240 g/mol. The summed E-state index contributed by atoms with van der Waals surface area (Å²) < 4.78 is 10.4. The molecule has 86 valence electrons. The first kappa shape index (κ1) is 11.2. The summed E-state index contributed by atoms with van der Waals surface area (Å²) in [4.78, 5) is 4.16. The molecule has 2 heterocycles. The molecule has 2 aromatic heterocycles. The number of hydrogen-bond donors (Lipinski definition) is 1. The molecule has 16 heavy (non-hydrogen) atoms. The van der Waals surface area contributed by atoms with Gasteiger partial charge in [0, 0.05) is 6.54 Å². The van der Waals surface area contributed by atoms with E-state index in [-0.39, 0.29) is 0 Å². The molecule has 2 aromatic rings. The van der Waals surface area contributed by atoms with Crippen LogP contribution in [0.2, 0.25) is 5.22 Å². The second-order valence-corrected chi connectivity index (χ2v) is 3.76. The average molecular weight is 241 g/mol. The van der Waals surface area contributed by atoms with Crippen molar-refractivity contribution in [3.05, 3.63) is 29.6 Å². The molecule has 0 bridgehead atoms. The second kappa shape index (κ2) is 5.18. The number of nitrogens with one attached hydrogen (secondary N) is 1. The van der Waals surface area contributed by atoms with Crippen LogP contribution < -0.4 is 5.32 Å². The highest BCUT2D eigenvalue weighted by Gasteiger charge is 2.15. The fourth-order valence-corrected chi connectivity index (χ4v) is 1.65. The Balaban J connectivity index is 2.16. The van der Waals surface area contributed by atoms with E-state index >= 15 is 0 Å². The smallest absolute Gasteiger partial charge is 0.204 e. The summed E-state index contributed by atoms with van der Waals surface area (Å²) in [6.45, 7) is 3.73. The van der Waals surface area contributed by atoms with Crippen LogP contribution in [-0.4, -0.2) is 11.5 Å². The van der Waals surface area contributed by atoms with Crippen molar-refractivity contribution in [3.63, 3.8) is 0 Å². The number of halogens is 1. The van der Waals surface area contributed by atoms with Crippen molar-refractivity contribution in [1.29, 1.82) is 0 Å². The van der Waals surface area contributed by atoms with E-state index in [1.807, 2.05) is 0 Å². The molecular weight excluding hydrogens is 228 g/mol. The summed E-state index contributed by atoms with van der Waals surface area (Å²) in [5.74, 6) is 0.669. The maximum Gasteiger partial charge on any atom is 0.204 e. The third-order valence-electron chi connectivity index (χ3n) is 2.22. The van der Waals surface area contributed by atoms with E-state index in [4.69, 9.17) is 20.4 Å². The van der Waals surface area contributed by atoms with Gasteiger partial charge in [0.05, 0.1) is 11.8 Å². The lowest BCUT2D eigenvalue weighted by atomic mass is 10.2. The van der Waals surface area contributed by atoms with Crippen LogP contribution in [0.15, 0.2) is 27.6 Å².